The van der Waals surface area contributed by atoms with Gasteiger partial charge in [-0.15, -0.1) is 0 Å². The second-order valence-corrected chi connectivity index (χ2v) is 8.11. The minimum absolute atomic E-state index is 0.133. The number of H-pyrrole nitrogens is 1. The van der Waals surface area contributed by atoms with Crippen LogP contribution in [0.3, 0.4) is 0 Å². The third-order valence-corrected chi connectivity index (χ3v) is 5.79. The second kappa shape index (κ2) is 11.0. The van der Waals surface area contributed by atoms with Crippen molar-refractivity contribution in [1.82, 2.24) is 25.8 Å². The number of aromatic amines is 1. The summed E-state index contributed by atoms with van der Waals surface area (Å²) in [5.41, 5.74) is 3.83. The number of nitrogens with zero attached hydrogens (tertiary/aromatic N) is 2. The summed E-state index contributed by atoms with van der Waals surface area (Å²) in [6.45, 7) is 8.17. The first kappa shape index (κ1) is 22.2. The molecule has 1 saturated heterocycles. The van der Waals surface area contributed by atoms with Crippen molar-refractivity contribution in [3.8, 4) is 0 Å². The summed E-state index contributed by atoms with van der Waals surface area (Å²) in [7, 11) is 1.82. The molecule has 0 spiro atoms. The number of fused-ring (bicyclic) bond motifs is 1. The molecule has 0 radical (unpaired) electrons. The molecule has 4 N–H and O–H groups in total. The Bertz CT molecular complexity index is 850. The van der Waals surface area contributed by atoms with E-state index in [4.69, 9.17) is 0 Å². The number of aromatic nitrogens is 1. The molecule has 1 aromatic heterocycles. The highest BCUT2D eigenvalue weighted by atomic mass is 16.2. The van der Waals surface area contributed by atoms with Gasteiger partial charge in [0.15, 0.2) is 5.96 Å². The van der Waals surface area contributed by atoms with E-state index >= 15 is 0 Å². The maximum Gasteiger partial charge on any atom is 0.234 e. The van der Waals surface area contributed by atoms with Crippen LogP contribution in [-0.4, -0.2) is 67.6 Å². The Labute approximate surface area is 179 Å². The van der Waals surface area contributed by atoms with Gasteiger partial charge in [-0.25, -0.2) is 0 Å². The van der Waals surface area contributed by atoms with Crippen molar-refractivity contribution in [1.29, 1.82) is 0 Å². The maximum absolute atomic E-state index is 11.9. The number of carbonyl (C=O) groups is 1. The van der Waals surface area contributed by atoms with E-state index in [0.717, 1.165) is 57.8 Å². The Kier molecular flexibility index (Phi) is 8.13. The molecule has 0 bridgehead atoms. The van der Waals surface area contributed by atoms with Crippen molar-refractivity contribution >= 4 is 22.8 Å². The zero-order chi connectivity index (χ0) is 21.3. The van der Waals surface area contributed by atoms with Crippen LogP contribution in [0, 0.1) is 6.92 Å². The number of para-hydroxylation sites is 1. The standard InChI is InChI=1S/C23H36N6O/c1-4-11-25-21(30)16-29-13-9-19(10-14-29)28-23(24-3)26-12-8-18-15-27-22-17(2)6-5-7-20(18)22/h5-7,15,19,27H,4,8-14,16H2,1-3H3,(H,25,30)(H2,24,26,28). The van der Waals surface area contributed by atoms with Crippen LogP contribution < -0.4 is 16.0 Å². The Hall–Kier alpha value is -2.54. The van der Waals surface area contributed by atoms with Crippen LogP contribution in [-0.2, 0) is 11.2 Å². The summed E-state index contributed by atoms with van der Waals surface area (Å²) in [4.78, 5) is 21.9. The van der Waals surface area contributed by atoms with Gasteiger partial charge >= 0.3 is 0 Å². The van der Waals surface area contributed by atoms with Crippen LogP contribution in [0.25, 0.3) is 10.9 Å². The van der Waals surface area contributed by atoms with Crippen LogP contribution in [0.15, 0.2) is 29.4 Å². The van der Waals surface area contributed by atoms with Gasteiger partial charge in [-0.1, -0.05) is 25.1 Å². The van der Waals surface area contributed by atoms with Crippen LogP contribution in [0.1, 0.15) is 37.3 Å². The number of hydrogen-bond acceptors (Lipinski definition) is 3. The number of aliphatic imine (C=N–C) groups is 1. The van der Waals surface area contributed by atoms with Crippen LogP contribution >= 0.6 is 0 Å². The summed E-state index contributed by atoms with van der Waals surface area (Å²) >= 11 is 0. The van der Waals surface area contributed by atoms with Gasteiger partial charge in [0, 0.05) is 56.4 Å². The molecule has 0 unspecified atom stereocenters. The van der Waals surface area contributed by atoms with Gasteiger partial charge in [-0.3, -0.25) is 14.7 Å². The molecule has 7 nitrogen and oxygen atoms in total. The van der Waals surface area contributed by atoms with Gasteiger partial charge in [0.2, 0.25) is 5.91 Å². The highest BCUT2D eigenvalue weighted by Gasteiger charge is 2.21. The predicted octanol–water partition coefficient (Wildman–Crippen LogP) is 2.17. The molecule has 164 valence electrons. The lowest BCUT2D eigenvalue weighted by molar-refractivity contribution is -0.122. The van der Waals surface area contributed by atoms with Crippen molar-refractivity contribution in [3.05, 3.63) is 35.5 Å². The number of benzene rings is 1. The molecule has 7 heteroatoms. The van der Waals surface area contributed by atoms with Gasteiger partial charge in [0.05, 0.1) is 6.54 Å². The van der Waals surface area contributed by atoms with Gasteiger partial charge in [-0.2, -0.15) is 0 Å². The molecule has 2 heterocycles. The molecule has 3 rings (SSSR count). The molecular weight excluding hydrogens is 376 g/mol. The molecule has 30 heavy (non-hydrogen) atoms. The largest absolute Gasteiger partial charge is 0.361 e. The quantitative estimate of drug-likeness (QED) is 0.396. The molecule has 0 aliphatic carbocycles. The first-order valence-corrected chi connectivity index (χ1v) is 11.1. The Morgan fingerprint density at radius 2 is 2.03 bits per heavy atom. The van der Waals surface area contributed by atoms with Gasteiger partial charge in [0.25, 0.3) is 0 Å². The van der Waals surface area contributed by atoms with Gasteiger partial charge in [0.1, 0.15) is 0 Å². The van der Waals surface area contributed by atoms with Crippen molar-refractivity contribution in [2.75, 3.05) is 39.8 Å². The fourth-order valence-electron chi connectivity index (χ4n) is 4.03. The SMILES string of the molecule is CCCNC(=O)CN1CCC(NC(=NC)NCCc2c[nH]c3c(C)cccc23)CC1. The molecule has 1 fully saturated rings. The van der Waals surface area contributed by atoms with Crippen molar-refractivity contribution in [3.63, 3.8) is 0 Å². The highest BCUT2D eigenvalue weighted by molar-refractivity contribution is 5.86. The normalized spacial score (nSPS) is 16.0. The summed E-state index contributed by atoms with van der Waals surface area (Å²) in [6, 6.07) is 6.82. The summed E-state index contributed by atoms with van der Waals surface area (Å²) in [5.74, 6) is 0.985. The molecule has 1 aliphatic rings. The Morgan fingerprint density at radius 1 is 1.23 bits per heavy atom. The molecule has 1 aliphatic heterocycles. The Balaban J connectivity index is 1.40. The zero-order valence-corrected chi connectivity index (χ0v) is 18.6. The molecular formula is C23H36N6O. The molecule has 0 atom stereocenters. The number of hydrogen-bond donors (Lipinski definition) is 4. The predicted molar refractivity (Wildman–Crippen MR) is 124 cm³/mol. The fourth-order valence-corrected chi connectivity index (χ4v) is 4.03. The minimum Gasteiger partial charge on any atom is -0.361 e. The van der Waals surface area contributed by atoms with E-state index in [2.05, 4.69) is 69.1 Å². The second-order valence-electron chi connectivity index (χ2n) is 8.11. The van der Waals surface area contributed by atoms with Gasteiger partial charge < -0.3 is 20.9 Å². The smallest absolute Gasteiger partial charge is 0.234 e. The fraction of sp³-hybridized carbons (Fsp3) is 0.565. The van der Waals surface area contributed by atoms with Crippen LogP contribution in [0.4, 0.5) is 0 Å². The zero-order valence-electron chi connectivity index (χ0n) is 18.6. The Morgan fingerprint density at radius 3 is 2.77 bits per heavy atom. The first-order chi connectivity index (χ1) is 14.6. The van der Waals surface area contributed by atoms with Crippen LogP contribution in [0.5, 0.6) is 0 Å². The molecule has 0 saturated carbocycles. The number of likely N-dealkylation sites (tertiary alicyclic amines) is 1. The van der Waals surface area contributed by atoms with E-state index in [0.29, 0.717) is 12.6 Å². The number of rotatable bonds is 8. The van der Waals surface area contributed by atoms with Crippen LogP contribution in [0.2, 0.25) is 0 Å². The summed E-state index contributed by atoms with van der Waals surface area (Å²) < 4.78 is 0. The minimum atomic E-state index is 0.133. The number of amides is 1. The lowest BCUT2D eigenvalue weighted by atomic mass is 10.1. The van der Waals surface area contributed by atoms with Crippen molar-refractivity contribution in [2.45, 2.75) is 45.6 Å². The van der Waals surface area contributed by atoms with E-state index < -0.39 is 0 Å². The average Bonchev–Trinajstić information content (AvgIpc) is 3.17. The molecule has 1 aromatic carbocycles. The van der Waals surface area contributed by atoms with E-state index in [1.165, 1.54) is 22.0 Å². The molecule has 2 aromatic rings. The summed E-state index contributed by atoms with van der Waals surface area (Å²) in [6.07, 6.45) is 6.06. The van der Waals surface area contributed by atoms with E-state index in [1.807, 2.05) is 7.05 Å². The lowest BCUT2D eigenvalue weighted by Crippen LogP contribution is -2.50. The lowest BCUT2D eigenvalue weighted by Gasteiger charge is -2.32. The topological polar surface area (TPSA) is 84.6 Å². The van der Waals surface area contributed by atoms with E-state index in [1.54, 1.807) is 0 Å². The van der Waals surface area contributed by atoms with Gasteiger partial charge in [-0.05, 0) is 43.7 Å². The van der Waals surface area contributed by atoms with E-state index in [-0.39, 0.29) is 5.91 Å². The number of nitrogens with one attached hydrogen (secondary N) is 4. The number of guanidine groups is 1. The van der Waals surface area contributed by atoms with Crippen molar-refractivity contribution < 1.29 is 4.79 Å². The third kappa shape index (κ3) is 5.98. The third-order valence-electron chi connectivity index (χ3n) is 5.79. The number of piperidine rings is 1. The van der Waals surface area contributed by atoms with Crippen molar-refractivity contribution in [2.24, 2.45) is 4.99 Å². The number of carbonyl (C=O) groups excluding carboxylic acids is 1. The summed E-state index contributed by atoms with van der Waals surface area (Å²) in [5, 5.41) is 11.2. The van der Waals surface area contributed by atoms with E-state index in [9.17, 15) is 4.79 Å². The molecule has 1 amide bonds. The highest BCUT2D eigenvalue weighted by Crippen LogP contribution is 2.21. The maximum atomic E-state index is 11.9. The monoisotopic (exact) mass is 412 g/mol. The number of aryl methyl sites for hydroxylation is 1. The first-order valence-electron chi connectivity index (χ1n) is 11.1. The average molecular weight is 413 g/mol.